The highest BCUT2D eigenvalue weighted by atomic mass is 32.2. The highest BCUT2D eigenvalue weighted by Gasteiger charge is 2.16. The first kappa shape index (κ1) is 11.6. The Kier molecular flexibility index (Phi) is 3.38. The second kappa shape index (κ2) is 4.37. The lowest BCUT2D eigenvalue weighted by molar-refractivity contribution is -0.139. The van der Waals surface area contributed by atoms with Crippen LogP contribution in [-0.2, 0) is 19.1 Å². The molecule has 1 rings (SSSR count). The second-order valence-corrected chi connectivity index (χ2v) is 4.18. The van der Waals surface area contributed by atoms with E-state index in [0.29, 0.717) is 0 Å². The Bertz CT molecular complexity index is 450. The first-order chi connectivity index (χ1) is 6.92. The minimum atomic E-state index is -4.12. The third-order valence-electron chi connectivity index (χ3n) is 1.44. The van der Waals surface area contributed by atoms with Gasteiger partial charge in [-0.1, -0.05) is 0 Å². The van der Waals surface area contributed by atoms with Crippen LogP contribution in [0.1, 0.15) is 0 Å². The molecule has 1 N–H and O–H groups in total. The molecule has 0 saturated heterocycles. The van der Waals surface area contributed by atoms with Crippen LogP contribution in [0.4, 0.5) is 4.39 Å². The molecule has 0 spiro atoms. The molecule has 0 saturated carbocycles. The number of rotatable bonds is 4. The van der Waals surface area contributed by atoms with Crippen molar-refractivity contribution in [1.29, 1.82) is 0 Å². The molecule has 0 aliphatic rings. The quantitative estimate of drug-likeness (QED) is 0.772. The van der Waals surface area contributed by atoms with Crippen LogP contribution >= 0.6 is 0 Å². The van der Waals surface area contributed by atoms with E-state index < -0.39 is 28.5 Å². The number of carbonyl (C=O) groups is 1. The van der Waals surface area contributed by atoms with Crippen molar-refractivity contribution in [2.75, 3.05) is 6.61 Å². The summed E-state index contributed by atoms with van der Waals surface area (Å²) in [7, 11) is -4.12. The van der Waals surface area contributed by atoms with Gasteiger partial charge in [0.2, 0.25) is 0 Å². The Morgan fingerprint density at radius 2 is 1.87 bits per heavy atom. The van der Waals surface area contributed by atoms with E-state index in [2.05, 4.69) is 4.18 Å². The molecule has 0 aliphatic heterocycles. The van der Waals surface area contributed by atoms with E-state index in [1.165, 1.54) is 0 Å². The summed E-state index contributed by atoms with van der Waals surface area (Å²) in [4.78, 5) is 9.80. The van der Waals surface area contributed by atoms with Crippen molar-refractivity contribution in [2.45, 2.75) is 4.90 Å². The minimum Gasteiger partial charge on any atom is -0.479 e. The number of carboxylic acids is 1. The zero-order valence-corrected chi connectivity index (χ0v) is 8.20. The molecule has 0 radical (unpaired) electrons. The van der Waals surface area contributed by atoms with Gasteiger partial charge in [-0.05, 0) is 24.3 Å². The summed E-state index contributed by atoms with van der Waals surface area (Å²) < 4.78 is 39.1. The summed E-state index contributed by atoms with van der Waals surface area (Å²) >= 11 is 0. The smallest absolute Gasteiger partial charge is 0.331 e. The molecule has 0 aromatic heterocycles. The largest absolute Gasteiger partial charge is 0.479 e. The maximum absolute atomic E-state index is 12.5. The fourth-order valence-electron chi connectivity index (χ4n) is 0.797. The van der Waals surface area contributed by atoms with Crippen molar-refractivity contribution in [3.63, 3.8) is 0 Å². The molecule has 1 aromatic carbocycles. The summed E-state index contributed by atoms with van der Waals surface area (Å²) in [5.74, 6) is -1.99. The van der Waals surface area contributed by atoms with Gasteiger partial charge in [0, 0.05) is 0 Å². The fourth-order valence-corrected chi connectivity index (χ4v) is 1.66. The molecule has 0 fully saturated rings. The molecular weight excluding hydrogens is 227 g/mol. The summed E-state index contributed by atoms with van der Waals surface area (Å²) in [5.41, 5.74) is 0. The van der Waals surface area contributed by atoms with E-state index in [4.69, 9.17) is 5.11 Å². The van der Waals surface area contributed by atoms with E-state index in [0.717, 1.165) is 24.3 Å². The molecule has 15 heavy (non-hydrogen) atoms. The third-order valence-corrected chi connectivity index (χ3v) is 2.72. The number of carboxylic acid groups (broad SMARTS) is 1. The number of halogens is 1. The lowest BCUT2D eigenvalue weighted by Gasteiger charge is -2.02. The highest BCUT2D eigenvalue weighted by molar-refractivity contribution is 7.86. The van der Waals surface area contributed by atoms with Crippen LogP contribution in [0, 0.1) is 5.82 Å². The fraction of sp³-hybridized carbons (Fsp3) is 0.125. The van der Waals surface area contributed by atoms with Crippen molar-refractivity contribution < 1.29 is 26.9 Å². The van der Waals surface area contributed by atoms with Crippen molar-refractivity contribution in [2.24, 2.45) is 0 Å². The molecule has 0 unspecified atom stereocenters. The Morgan fingerprint density at radius 3 is 2.33 bits per heavy atom. The molecule has 0 aliphatic carbocycles. The normalized spacial score (nSPS) is 11.3. The lowest BCUT2D eigenvalue weighted by Crippen LogP contribution is -2.13. The van der Waals surface area contributed by atoms with Gasteiger partial charge in [-0.25, -0.2) is 9.18 Å². The van der Waals surface area contributed by atoms with E-state index in [1.54, 1.807) is 0 Å². The molecule has 7 heteroatoms. The van der Waals surface area contributed by atoms with E-state index in [1.807, 2.05) is 0 Å². The summed E-state index contributed by atoms with van der Waals surface area (Å²) in [5, 5.41) is 8.22. The van der Waals surface area contributed by atoms with Gasteiger partial charge in [0.1, 0.15) is 5.82 Å². The zero-order valence-electron chi connectivity index (χ0n) is 7.38. The second-order valence-electron chi connectivity index (χ2n) is 2.56. The van der Waals surface area contributed by atoms with Crippen LogP contribution < -0.4 is 0 Å². The summed E-state index contributed by atoms with van der Waals surface area (Å²) in [6, 6.07) is 3.87. The average Bonchev–Trinajstić information content (AvgIpc) is 2.16. The number of aliphatic carboxylic acids is 1. The predicted octanol–water partition coefficient (Wildman–Crippen LogP) is 0.616. The standard InChI is InChI=1S/C8H7FO5S/c9-6-1-3-7(4-2-6)15(12,13)14-5-8(10)11/h1-4H,5H2,(H,10,11). The van der Waals surface area contributed by atoms with Crippen LogP contribution in [0.25, 0.3) is 0 Å². The van der Waals surface area contributed by atoms with Gasteiger partial charge >= 0.3 is 5.97 Å². The van der Waals surface area contributed by atoms with Crippen molar-refractivity contribution in [1.82, 2.24) is 0 Å². The maximum Gasteiger partial charge on any atom is 0.331 e. The van der Waals surface area contributed by atoms with Crippen LogP contribution in [0.3, 0.4) is 0 Å². The van der Waals surface area contributed by atoms with Gasteiger partial charge in [0.05, 0.1) is 4.90 Å². The number of benzene rings is 1. The summed E-state index contributed by atoms with van der Waals surface area (Å²) in [6.07, 6.45) is 0. The topological polar surface area (TPSA) is 80.7 Å². The Morgan fingerprint density at radius 1 is 1.33 bits per heavy atom. The van der Waals surface area contributed by atoms with Gasteiger partial charge in [0.25, 0.3) is 10.1 Å². The van der Waals surface area contributed by atoms with Crippen molar-refractivity contribution in [3.05, 3.63) is 30.1 Å². The number of hydrogen-bond donors (Lipinski definition) is 1. The average molecular weight is 234 g/mol. The SMILES string of the molecule is O=C(O)COS(=O)(=O)c1ccc(F)cc1. The first-order valence-corrected chi connectivity index (χ1v) is 5.19. The van der Waals surface area contributed by atoms with E-state index in [-0.39, 0.29) is 4.90 Å². The van der Waals surface area contributed by atoms with Crippen molar-refractivity contribution in [3.8, 4) is 0 Å². The molecule has 0 heterocycles. The Hall–Kier alpha value is -1.47. The van der Waals surface area contributed by atoms with Gasteiger partial charge < -0.3 is 5.11 Å². The van der Waals surface area contributed by atoms with Gasteiger partial charge in [-0.15, -0.1) is 0 Å². The van der Waals surface area contributed by atoms with Crippen LogP contribution in [0.2, 0.25) is 0 Å². The van der Waals surface area contributed by atoms with Gasteiger partial charge in [0.15, 0.2) is 6.61 Å². The van der Waals surface area contributed by atoms with Crippen LogP contribution in [-0.4, -0.2) is 26.1 Å². The summed E-state index contributed by atoms with van der Waals surface area (Å²) in [6.45, 7) is -0.959. The molecule has 1 aromatic rings. The molecular formula is C8H7FO5S. The molecule has 5 nitrogen and oxygen atoms in total. The van der Waals surface area contributed by atoms with Crippen LogP contribution in [0.5, 0.6) is 0 Å². The van der Waals surface area contributed by atoms with Gasteiger partial charge in [-0.2, -0.15) is 8.42 Å². The Balaban J connectivity index is 2.87. The Labute approximate surface area is 85.2 Å². The monoisotopic (exact) mass is 234 g/mol. The van der Waals surface area contributed by atoms with E-state index >= 15 is 0 Å². The van der Waals surface area contributed by atoms with Crippen molar-refractivity contribution >= 4 is 16.1 Å². The maximum atomic E-state index is 12.5. The highest BCUT2D eigenvalue weighted by Crippen LogP contribution is 2.12. The predicted molar refractivity (Wildman–Crippen MR) is 47.2 cm³/mol. The van der Waals surface area contributed by atoms with E-state index in [9.17, 15) is 17.6 Å². The van der Waals surface area contributed by atoms with Gasteiger partial charge in [-0.3, -0.25) is 4.18 Å². The first-order valence-electron chi connectivity index (χ1n) is 3.78. The lowest BCUT2D eigenvalue weighted by atomic mass is 10.4. The van der Waals surface area contributed by atoms with Crippen LogP contribution in [0.15, 0.2) is 29.2 Å². The molecule has 0 atom stereocenters. The minimum absolute atomic E-state index is 0.287. The number of hydrogen-bond acceptors (Lipinski definition) is 4. The molecule has 82 valence electrons. The zero-order chi connectivity index (χ0) is 11.5. The molecule has 0 bridgehead atoms. The molecule has 0 amide bonds. The third kappa shape index (κ3) is 3.30.